The number of anilines is 1. The summed E-state index contributed by atoms with van der Waals surface area (Å²) in [6, 6.07) is 4.92. The number of benzene rings is 1. The molecule has 20 heavy (non-hydrogen) atoms. The van der Waals surface area contributed by atoms with E-state index in [9.17, 15) is 14.9 Å². The van der Waals surface area contributed by atoms with E-state index in [0.717, 1.165) is 19.4 Å². The lowest BCUT2D eigenvalue weighted by atomic mass is 10.1. The molecule has 1 aromatic rings. The predicted molar refractivity (Wildman–Crippen MR) is 79.4 cm³/mol. The van der Waals surface area contributed by atoms with Crippen molar-refractivity contribution in [3.63, 3.8) is 0 Å². The summed E-state index contributed by atoms with van der Waals surface area (Å²) in [5, 5.41) is 16.8. The van der Waals surface area contributed by atoms with Crippen LogP contribution in [0.15, 0.2) is 18.2 Å². The highest BCUT2D eigenvalue weighted by atomic mass is 35.5. The van der Waals surface area contributed by atoms with E-state index in [1.165, 1.54) is 6.07 Å². The van der Waals surface area contributed by atoms with Crippen molar-refractivity contribution in [2.24, 2.45) is 0 Å². The number of carbonyl (C=O) groups excluding carboxylic acids is 1. The Kier molecular flexibility index (Phi) is 5.91. The highest BCUT2D eigenvalue weighted by Crippen LogP contribution is 2.25. The summed E-state index contributed by atoms with van der Waals surface area (Å²) >= 11 is 0. The quantitative estimate of drug-likeness (QED) is 0.660. The van der Waals surface area contributed by atoms with E-state index in [1.807, 2.05) is 0 Å². The average molecular weight is 300 g/mol. The Hall–Kier alpha value is -1.66. The highest BCUT2D eigenvalue weighted by Gasteiger charge is 2.19. The molecule has 6 nitrogen and oxygen atoms in total. The van der Waals surface area contributed by atoms with Gasteiger partial charge in [-0.1, -0.05) is 6.07 Å². The minimum absolute atomic E-state index is 0. The molecule has 1 aliphatic heterocycles. The second-order valence-electron chi connectivity index (χ2n) is 4.75. The molecular weight excluding hydrogens is 282 g/mol. The Morgan fingerprint density at radius 1 is 1.55 bits per heavy atom. The fraction of sp³-hybridized carbons (Fsp3) is 0.462. The third-order valence-electron chi connectivity index (χ3n) is 3.37. The van der Waals surface area contributed by atoms with Crippen molar-refractivity contribution in [3.05, 3.63) is 33.9 Å². The minimum Gasteiger partial charge on any atom is -0.326 e. The third-order valence-corrected chi connectivity index (χ3v) is 3.37. The highest BCUT2D eigenvalue weighted by molar-refractivity contribution is 5.92. The Morgan fingerprint density at radius 2 is 2.30 bits per heavy atom. The van der Waals surface area contributed by atoms with Gasteiger partial charge in [-0.3, -0.25) is 14.9 Å². The summed E-state index contributed by atoms with van der Waals surface area (Å²) in [6.07, 6.45) is 2.50. The summed E-state index contributed by atoms with van der Waals surface area (Å²) in [5.74, 6) is -0.108. The first-order chi connectivity index (χ1) is 9.08. The summed E-state index contributed by atoms with van der Waals surface area (Å²) in [5.41, 5.74) is 1.02. The number of amides is 1. The first-order valence-corrected chi connectivity index (χ1v) is 6.35. The standard InChI is InChI=1S/C13H17N3O3.ClH/c1-9-11(5-2-6-12(9)16(18)19)15-13(17)8-10-4-3-7-14-10;/h2,5-6,10,14H,3-4,7-8H2,1H3,(H,15,17);1H. The molecule has 0 aliphatic carbocycles. The molecule has 1 amide bonds. The van der Waals surface area contributed by atoms with Crippen LogP contribution in [-0.2, 0) is 4.79 Å². The molecule has 2 rings (SSSR count). The normalized spacial score (nSPS) is 17.4. The van der Waals surface area contributed by atoms with Crippen molar-refractivity contribution in [2.45, 2.75) is 32.2 Å². The molecule has 1 atom stereocenters. The second kappa shape index (κ2) is 7.21. The first-order valence-electron chi connectivity index (χ1n) is 6.35. The largest absolute Gasteiger partial charge is 0.326 e. The van der Waals surface area contributed by atoms with Gasteiger partial charge in [-0.05, 0) is 32.4 Å². The molecule has 1 saturated heterocycles. The molecule has 110 valence electrons. The van der Waals surface area contributed by atoms with Crippen molar-refractivity contribution in [1.29, 1.82) is 0 Å². The molecule has 0 spiro atoms. The van der Waals surface area contributed by atoms with Crippen LogP contribution in [0, 0.1) is 17.0 Å². The monoisotopic (exact) mass is 299 g/mol. The maximum Gasteiger partial charge on any atom is 0.274 e. The molecule has 1 aliphatic rings. The van der Waals surface area contributed by atoms with Crippen LogP contribution in [0.3, 0.4) is 0 Å². The van der Waals surface area contributed by atoms with E-state index < -0.39 is 4.92 Å². The average Bonchev–Trinajstić information content (AvgIpc) is 2.84. The fourth-order valence-electron chi connectivity index (χ4n) is 2.31. The van der Waals surface area contributed by atoms with Crippen molar-refractivity contribution in [3.8, 4) is 0 Å². The molecule has 2 N–H and O–H groups in total. The minimum atomic E-state index is -0.441. The molecule has 0 radical (unpaired) electrons. The maximum absolute atomic E-state index is 11.9. The lowest BCUT2D eigenvalue weighted by Crippen LogP contribution is -2.27. The van der Waals surface area contributed by atoms with Gasteiger partial charge in [-0.2, -0.15) is 0 Å². The number of carbonyl (C=O) groups is 1. The van der Waals surface area contributed by atoms with E-state index >= 15 is 0 Å². The number of nitrogens with zero attached hydrogens (tertiary/aromatic N) is 1. The number of hydrogen-bond acceptors (Lipinski definition) is 4. The molecular formula is C13H18ClN3O3. The molecule has 0 saturated carbocycles. The number of halogens is 1. The Bertz CT molecular complexity index is 502. The van der Waals surface area contributed by atoms with Crippen molar-refractivity contribution < 1.29 is 9.72 Å². The first kappa shape index (κ1) is 16.4. The summed E-state index contributed by atoms with van der Waals surface area (Å²) in [4.78, 5) is 22.3. The van der Waals surface area contributed by atoms with Crippen LogP contribution in [0.25, 0.3) is 0 Å². The zero-order chi connectivity index (χ0) is 13.8. The zero-order valence-electron chi connectivity index (χ0n) is 11.2. The molecule has 7 heteroatoms. The van der Waals surface area contributed by atoms with Crippen LogP contribution in [0.4, 0.5) is 11.4 Å². The van der Waals surface area contributed by atoms with Gasteiger partial charge in [-0.15, -0.1) is 12.4 Å². The smallest absolute Gasteiger partial charge is 0.274 e. The molecule has 1 aromatic carbocycles. The predicted octanol–water partition coefficient (Wildman–Crippen LogP) is 2.41. The van der Waals surface area contributed by atoms with Gasteiger partial charge in [0.05, 0.1) is 16.2 Å². The zero-order valence-corrected chi connectivity index (χ0v) is 12.0. The van der Waals surface area contributed by atoms with Crippen LogP contribution in [0.5, 0.6) is 0 Å². The van der Waals surface area contributed by atoms with Gasteiger partial charge in [0, 0.05) is 18.5 Å². The fourth-order valence-corrected chi connectivity index (χ4v) is 2.31. The molecule has 0 aromatic heterocycles. The van der Waals surface area contributed by atoms with Gasteiger partial charge in [0.25, 0.3) is 5.69 Å². The number of nitrogens with one attached hydrogen (secondary N) is 2. The number of nitro benzene ring substituents is 1. The van der Waals surface area contributed by atoms with E-state index in [4.69, 9.17) is 0 Å². The SMILES string of the molecule is Cc1c(NC(=O)CC2CCCN2)cccc1[N+](=O)[O-].Cl. The van der Waals surface area contributed by atoms with Gasteiger partial charge in [0.2, 0.25) is 5.91 Å². The summed E-state index contributed by atoms with van der Waals surface area (Å²) < 4.78 is 0. The molecule has 1 fully saturated rings. The van der Waals surface area contributed by atoms with Gasteiger partial charge in [-0.25, -0.2) is 0 Å². The third kappa shape index (κ3) is 3.91. The van der Waals surface area contributed by atoms with Crippen molar-refractivity contribution >= 4 is 29.7 Å². The van der Waals surface area contributed by atoms with Crippen LogP contribution >= 0.6 is 12.4 Å². The Labute approximate surface area is 123 Å². The van der Waals surface area contributed by atoms with Crippen molar-refractivity contribution in [2.75, 3.05) is 11.9 Å². The van der Waals surface area contributed by atoms with Gasteiger partial charge >= 0.3 is 0 Å². The Balaban J connectivity index is 0.00000200. The molecule has 1 heterocycles. The van der Waals surface area contributed by atoms with Crippen LogP contribution in [-0.4, -0.2) is 23.4 Å². The summed E-state index contributed by atoms with van der Waals surface area (Å²) in [6.45, 7) is 2.59. The molecule has 1 unspecified atom stereocenters. The topological polar surface area (TPSA) is 84.3 Å². The molecule has 0 bridgehead atoms. The van der Waals surface area contributed by atoms with Crippen LogP contribution in [0.2, 0.25) is 0 Å². The van der Waals surface area contributed by atoms with E-state index in [-0.39, 0.29) is 30.0 Å². The van der Waals surface area contributed by atoms with Gasteiger partial charge < -0.3 is 10.6 Å². The summed E-state index contributed by atoms with van der Waals surface area (Å²) in [7, 11) is 0. The second-order valence-corrected chi connectivity index (χ2v) is 4.75. The van der Waals surface area contributed by atoms with E-state index in [0.29, 0.717) is 17.7 Å². The van der Waals surface area contributed by atoms with E-state index in [1.54, 1.807) is 19.1 Å². The number of hydrogen-bond donors (Lipinski definition) is 2. The van der Waals surface area contributed by atoms with Gasteiger partial charge in [0.15, 0.2) is 0 Å². The lowest BCUT2D eigenvalue weighted by Gasteiger charge is -2.12. The number of rotatable bonds is 4. The van der Waals surface area contributed by atoms with Crippen LogP contribution in [0.1, 0.15) is 24.8 Å². The van der Waals surface area contributed by atoms with Crippen molar-refractivity contribution in [1.82, 2.24) is 5.32 Å². The van der Waals surface area contributed by atoms with Gasteiger partial charge in [0.1, 0.15) is 0 Å². The van der Waals surface area contributed by atoms with E-state index in [2.05, 4.69) is 10.6 Å². The number of nitro groups is 1. The Morgan fingerprint density at radius 3 is 2.90 bits per heavy atom. The van der Waals surface area contributed by atoms with Crippen LogP contribution < -0.4 is 10.6 Å². The lowest BCUT2D eigenvalue weighted by molar-refractivity contribution is -0.385. The maximum atomic E-state index is 11.9.